The summed E-state index contributed by atoms with van der Waals surface area (Å²) in [6.07, 6.45) is 3.69. The lowest BCUT2D eigenvalue weighted by molar-refractivity contribution is -0.120. The van der Waals surface area contributed by atoms with Crippen LogP contribution in [-0.4, -0.2) is 12.6 Å². The first kappa shape index (κ1) is 9.70. The zero-order valence-corrected chi connectivity index (χ0v) is 9.07. The van der Waals surface area contributed by atoms with E-state index >= 15 is 0 Å². The Kier molecular flexibility index (Phi) is 2.31. The van der Waals surface area contributed by atoms with E-state index in [0.29, 0.717) is 12.6 Å². The third-order valence-corrected chi connectivity index (χ3v) is 3.35. The van der Waals surface area contributed by atoms with Crippen LogP contribution in [0.4, 0.5) is 0 Å². The summed E-state index contributed by atoms with van der Waals surface area (Å²) in [6.45, 7) is 0.307. The summed E-state index contributed by atoms with van der Waals surface area (Å²) in [5.41, 5.74) is 1.17. The SMILES string of the molecule is O=C1CCCC1Cc1ccc2c(c1)OCO2. The number of ether oxygens (including phenoxy) is 2. The first-order valence-electron chi connectivity index (χ1n) is 5.74. The summed E-state index contributed by atoms with van der Waals surface area (Å²) < 4.78 is 10.6. The van der Waals surface area contributed by atoms with E-state index < -0.39 is 0 Å². The Bertz CT molecular complexity index is 425. The van der Waals surface area contributed by atoms with Crippen LogP contribution in [0, 0.1) is 5.92 Å². The third kappa shape index (κ3) is 1.66. The normalized spacial score (nSPS) is 22.8. The molecule has 1 aliphatic carbocycles. The number of ketones is 1. The Morgan fingerprint density at radius 1 is 1.25 bits per heavy atom. The monoisotopic (exact) mass is 218 g/mol. The van der Waals surface area contributed by atoms with E-state index in [0.717, 1.165) is 37.2 Å². The second-order valence-corrected chi connectivity index (χ2v) is 4.45. The van der Waals surface area contributed by atoms with Crippen molar-refractivity contribution in [2.24, 2.45) is 5.92 Å². The molecule has 1 fully saturated rings. The predicted molar refractivity (Wildman–Crippen MR) is 58.6 cm³/mol. The molecule has 3 nitrogen and oxygen atoms in total. The number of Topliss-reactive ketones (excluding diaryl/α,β-unsaturated/α-hetero) is 1. The molecule has 0 saturated heterocycles. The van der Waals surface area contributed by atoms with Crippen molar-refractivity contribution in [1.29, 1.82) is 0 Å². The highest BCUT2D eigenvalue weighted by Gasteiger charge is 2.25. The standard InChI is InChI=1S/C13H14O3/c14-11-3-1-2-10(11)6-9-4-5-12-13(7-9)16-8-15-12/h4-5,7,10H,1-3,6,8H2. The van der Waals surface area contributed by atoms with Crippen LogP contribution in [0.25, 0.3) is 0 Å². The second kappa shape index (κ2) is 3.81. The van der Waals surface area contributed by atoms with E-state index in [4.69, 9.17) is 9.47 Å². The number of fused-ring (bicyclic) bond motifs is 1. The number of hydrogen-bond donors (Lipinski definition) is 0. The molecule has 0 bridgehead atoms. The Balaban J connectivity index is 1.77. The molecule has 1 atom stereocenters. The Labute approximate surface area is 94.4 Å². The highest BCUT2D eigenvalue weighted by Crippen LogP contribution is 2.34. The van der Waals surface area contributed by atoms with Gasteiger partial charge in [-0.25, -0.2) is 0 Å². The van der Waals surface area contributed by atoms with E-state index in [1.165, 1.54) is 5.56 Å². The lowest BCUT2D eigenvalue weighted by Gasteiger charge is -2.08. The molecule has 1 aromatic rings. The van der Waals surface area contributed by atoms with Gasteiger partial charge in [0.2, 0.25) is 6.79 Å². The fourth-order valence-electron chi connectivity index (χ4n) is 2.46. The molecule has 2 aliphatic rings. The molecule has 1 unspecified atom stereocenters. The minimum Gasteiger partial charge on any atom is -0.454 e. The summed E-state index contributed by atoms with van der Waals surface area (Å²) >= 11 is 0. The average Bonchev–Trinajstić information content (AvgIpc) is 2.88. The van der Waals surface area contributed by atoms with Crippen molar-refractivity contribution >= 4 is 5.78 Å². The molecule has 3 heteroatoms. The van der Waals surface area contributed by atoms with Gasteiger partial charge in [-0.1, -0.05) is 6.07 Å². The van der Waals surface area contributed by atoms with Gasteiger partial charge in [-0.3, -0.25) is 4.79 Å². The topological polar surface area (TPSA) is 35.5 Å². The summed E-state index contributed by atoms with van der Waals surface area (Å²) in [5.74, 6) is 2.25. The summed E-state index contributed by atoms with van der Waals surface area (Å²) in [6, 6.07) is 5.95. The number of rotatable bonds is 2. The van der Waals surface area contributed by atoms with Crippen molar-refractivity contribution in [2.45, 2.75) is 25.7 Å². The van der Waals surface area contributed by atoms with Gasteiger partial charge in [-0.05, 0) is 37.0 Å². The van der Waals surface area contributed by atoms with Crippen molar-refractivity contribution in [3.8, 4) is 11.5 Å². The number of benzene rings is 1. The Morgan fingerprint density at radius 2 is 2.12 bits per heavy atom. The zero-order chi connectivity index (χ0) is 11.0. The van der Waals surface area contributed by atoms with Gasteiger partial charge in [-0.2, -0.15) is 0 Å². The molecule has 1 aliphatic heterocycles. The quantitative estimate of drug-likeness (QED) is 0.764. The minimum absolute atomic E-state index is 0.223. The lowest BCUT2D eigenvalue weighted by Crippen LogP contribution is -2.09. The van der Waals surface area contributed by atoms with Gasteiger partial charge in [0.25, 0.3) is 0 Å². The molecule has 3 rings (SSSR count). The van der Waals surface area contributed by atoms with Crippen LogP contribution in [0.15, 0.2) is 18.2 Å². The van der Waals surface area contributed by atoms with E-state index in [2.05, 4.69) is 0 Å². The molecule has 16 heavy (non-hydrogen) atoms. The summed E-state index contributed by atoms with van der Waals surface area (Å²) in [4.78, 5) is 11.6. The average molecular weight is 218 g/mol. The van der Waals surface area contributed by atoms with Gasteiger partial charge < -0.3 is 9.47 Å². The number of hydrogen-bond acceptors (Lipinski definition) is 3. The first-order valence-corrected chi connectivity index (χ1v) is 5.74. The molecule has 0 aromatic heterocycles. The molecular formula is C13H14O3. The van der Waals surface area contributed by atoms with Crippen LogP contribution >= 0.6 is 0 Å². The molecule has 1 saturated carbocycles. The largest absolute Gasteiger partial charge is 0.454 e. The smallest absolute Gasteiger partial charge is 0.231 e. The van der Waals surface area contributed by atoms with E-state index in [1.807, 2.05) is 18.2 Å². The van der Waals surface area contributed by atoms with Gasteiger partial charge in [0.05, 0.1) is 0 Å². The zero-order valence-electron chi connectivity index (χ0n) is 9.07. The number of carbonyl (C=O) groups is 1. The fourth-order valence-corrected chi connectivity index (χ4v) is 2.46. The van der Waals surface area contributed by atoms with Crippen LogP contribution in [0.1, 0.15) is 24.8 Å². The lowest BCUT2D eigenvalue weighted by atomic mass is 9.97. The van der Waals surface area contributed by atoms with Crippen LogP contribution < -0.4 is 9.47 Å². The Morgan fingerprint density at radius 3 is 2.94 bits per heavy atom. The molecule has 1 heterocycles. The van der Waals surface area contributed by atoms with Gasteiger partial charge in [0.1, 0.15) is 5.78 Å². The van der Waals surface area contributed by atoms with Gasteiger partial charge in [0, 0.05) is 12.3 Å². The summed E-state index contributed by atoms with van der Waals surface area (Å²) in [5, 5.41) is 0. The predicted octanol–water partition coefficient (Wildman–Crippen LogP) is 2.33. The highest BCUT2D eigenvalue weighted by atomic mass is 16.7. The van der Waals surface area contributed by atoms with Crippen molar-refractivity contribution in [1.82, 2.24) is 0 Å². The molecular weight excluding hydrogens is 204 g/mol. The van der Waals surface area contributed by atoms with Gasteiger partial charge >= 0.3 is 0 Å². The maximum Gasteiger partial charge on any atom is 0.231 e. The molecule has 0 radical (unpaired) electrons. The van der Waals surface area contributed by atoms with Crippen LogP contribution in [0.3, 0.4) is 0 Å². The first-order chi connectivity index (χ1) is 7.83. The maximum atomic E-state index is 11.6. The van der Waals surface area contributed by atoms with Crippen LogP contribution in [-0.2, 0) is 11.2 Å². The van der Waals surface area contributed by atoms with E-state index in [9.17, 15) is 4.79 Å². The van der Waals surface area contributed by atoms with Gasteiger partial charge in [-0.15, -0.1) is 0 Å². The second-order valence-electron chi connectivity index (χ2n) is 4.45. The fraction of sp³-hybridized carbons (Fsp3) is 0.462. The van der Waals surface area contributed by atoms with Crippen LogP contribution in [0.2, 0.25) is 0 Å². The van der Waals surface area contributed by atoms with Crippen molar-refractivity contribution in [2.75, 3.05) is 6.79 Å². The molecule has 0 amide bonds. The van der Waals surface area contributed by atoms with Gasteiger partial charge in [0.15, 0.2) is 11.5 Å². The highest BCUT2D eigenvalue weighted by molar-refractivity contribution is 5.83. The van der Waals surface area contributed by atoms with E-state index in [-0.39, 0.29) is 5.92 Å². The maximum absolute atomic E-state index is 11.6. The number of carbonyl (C=O) groups excluding carboxylic acids is 1. The van der Waals surface area contributed by atoms with Crippen LogP contribution in [0.5, 0.6) is 11.5 Å². The van der Waals surface area contributed by atoms with Crippen molar-refractivity contribution in [3.63, 3.8) is 0 Å². The minimum atomic E-state index is 0.223. The summed E-state index contributed by atoms with van der Waals surface area (Å²) in [7, 11) is 0. The Hall–Kier alpha value is -1.51. The van der Waals surface area contributed by atoms with Crippen molar-refractivity contribution < 1.29 is 14.3 Å². The molecule has 84 valence electrons. The van der Waals surface area contributed by atoms with E-state index in [1.54, 1.807) is 0 Å². The van der Waals surface area contributed by atoms with Crippen molar-refractivity contribution in [3.05, 3.63) is 23.8 Å². The molecule has 0 N–H and O–H groups in total. The molecule has 1 aromatic carbocycles. The molecule has 0 spiro atoms. The third-order valence-electron chi connectivity index (χ3n) is 3.35.